The van der Waals surface area contributed by atoms with Gasteiger partial charge in [0, 0.05) is 60.4 Å². The number of hydrogen-bond acceptors (Lipinski definition) is 10. The van der Waals surface area contributed by atoms with Gasteiger partial charge in [0.2, 0.25) is 0 Å². The maximum absolute atomic E-state index is 16.3. The number of nitrogens with zero attached hydrogens (tertiary/aromatic N) is 3. The van der Waals surface area contributed by atoms with Gasteiger partial charge in [-0.25, -0.2) is 14.2 Å². The number of aromatic nitrogens is 2. The lowest BCUT2D eigenvalue weighted by Crippen LogP contribution is -2.32. The predicted octanol–water partition coefficient (Wildman–Crippen LogP) is 24.3. The lowest BCUT2D eigenvalue weighted by molar-refractivity contribution is -0.144. The van der Waals surface area contributed by atoms with Crippen LogP contribution < -0.4 is 15.9 Å². The van der Waals surface area contributed by atoms with Crippen LogP contribution in [0.25, 0.3) is 99.3 Å². The first-order valence-electron chi connectivity index (χ1n) is 35.4. The number of allylic oxidation sites excluding steroid dienone is 1. The summed E-state index contributed by atoms with van der Waals surface area (Å²) < 4.78 is 415. The quantitative estimate of drug-likeness (QED) is 0.0244. The molecule has 4 heterocycles. The van der Waals surface area contributed by atoms with E-state index in [-0.39, 0.29) is 86.2 Å². The van der Waals surface area contributed by atoms with Crippen molar-refractivity contribution in [2.75, 3.05) is 13.2 Å². The van der Waals surface area contributed by atoms with Crippen molar-refractivity contribution in [3.05, 3.63) is 261 Å². The molecular formula is C83H48BF26N3O9. The Balaban J connectivity index is 1.07. The van der Waals surface area contributed by atoms with E-state index in [9.17, 15) is 67.1 Å². The summed E-state index contributed by atoms with van der Waals surface area (Å²) >= 11 is 0. The predicted molar refractivity (Wildman–Crippen MR) is 391 cm³/mol. The molecule has 0 fully saturated rings. The number of alkyl halides is 24. The average Bonchev–Trinajstić information content (AvgIpc) is 0.891. The Labute approximate surface area is 666 Å². The number of halogens is 26. The summed E-state index contributed by atoms with van der Waals surface area (Å²) in [5.74, 6) is -5.54. The summed E-state index contributed by atoms with van der Waals surface area (Å²) in [4.78, 5) is 77.7. The first-order chi connectivity index (χ1) is 56.5. The van der Waals surface area contributed by atoms with Gasteiger partial charge in [0.1, 0.15) is 16.9 Å². The lowest BCUT2D eigenvalue weighted by Gasteiger charge is -2.25. The van der Waals surface area contributed by atoms with Crippen LogP contribution in [0.1, 0.15) is 111 Å². The fourth-order valence-corrected chi connectivity index (χ4v) is 14.9. The third-order valence-electron chi connectivity index (χ3n) is 20.0. The Bertz CT molecular complexity index is 6350. The zero-order chi connectivity index (χ0) is 89.6. The van der Waals surface area contributed by atoms with Crippen LogP contribution in [0, 0.1) is 13.8 Å². The normalized spacial score (nSPS) is 14.0. The van der Waals surface area contributed by atoms with Crippen molar-refractivity contribution >= 4 is 80.1 Å². The number of carbonyl (C=O) groups is 3. The molecule has 1 aliphatic heterocycles. The van der Waals surface area contributed by atoms with Crippen LogP contribution in [0.15, 0.2) is 181 Å². The van der Waals surface area contributed by atoms with E-state index in [4.69, 9.17) is 18.6 Å². The Morgan fingerprint density at radius 3 is 1.25 bits per heavy atom. The lowest BCUT2D eigenvalue weighted by atomic mass is 9.81. The first kappa shape index (κ1) is 87.1. The van der Waals surface area contributed by atoms with E-state index < -0.39 is 307 Å². The maximum Gasteiger partial charge on any atom is 0.677 e. The minimum Gasteiger partial charge on any atom is -0.462 e. The van der Waals surface area contributed by atoms with Gasteiger partial charge in [0.15, 0.2) is 0 Å². The Hall–Kier alpha value is -12.7. The van der Waals surface area contributed by atoms with Crippen LogP contribution >= 0.6 is 0 Å². The molecule has 0 saturated heterocycles. The fraction of sp³-hybridized carbons (Fsp3) is 0.205. The molecular weight excluding hydrogens is 1690 g/mol. The van der Waals surface area contributed by atoms with E-state index in [2.05, 4.69) is 4.99 Å². The molecule has 0 spiro atoms. The molecule has 122 heavy (non-hydrogen) atoms. The van der Waals surface area contributed by atoms with Crippen molar-refractivity contribution < 1.29 is 147 Å². The number of aliphatic imine (C=N–C) groups is 1. The number of rotatable bonds is 15. The molecule has 39 heteroatoms. The molecule has 0 N–H and O–H groups in total. The fourth-order valence-electron chi connectivity index (χ4n) is 14.9. The number of esters is 3. The van der Waals surface area contributed by atoms with E-state index in [0.29, 0.717) is 18.2 Å². The van der Waals surface area contributed by atoms with Gasteiger partial charge in [-0.3, -0.25) is 28.0 Å². The minimum atomic E-state index is -5.83. The highest BCUT2D eigenvalue weighted by Gasteiger charge is 2.45. The molecule has 0 aliphatic carbocycles. The van der Waals surface area contributed by atoms with Gasteiger partial charge < -0.3 is 23.1 Å². The molecule has 0 bridgehead atoms. The van der Waals surface area contributed by atoms with Crippen molar-refractivity contribution in [3.8, 4) is 55.9 Å². The molecule has 12 nitrogen and oxygen atoms in total. The summed E-state index contributed by atoms with van der Waals surface area (Å²) in [6, 6.07) is 9.80. The van der Waals surface area contributed by atoms with E-state index >= 15 is 70.9 Å². The molecule has 12 aromatic rings. The molecule has 9 aromatic carbocycles. The second kappa shape index (κ2) is 30.4. The molecule has 0 atom stereocenters. The zero-order valence-corrected chi connectivity index (χ0v) is 62.4. The molecule has 13 rings (SSSR count). The molecule has 634 valence electrons. The first-order valence-corrected chi connectivity index (χ1v) is 35.4. The molecule has 0 unspecified atom stereocenters. The van der Waals surface area contributed by atoms with Gasteiger partial charge in [-0.1, -0.05) is 30.3 Å². The second-order valence-corrected chi connectivity index (χ2v) is 27.8. The van der Waals surface area contributed by atoms with Crippen molar-refractivity contribution in [2.24, 2.45) is 4.99 Å². The highest BCUT2D eigenvalue weighted by atomic mass is 19.4. The highest BCUT2D eigenvalue weighted by Crippen LogP contribution is 2.54. The number of carbonyl (C=O) groups excluding carboxylic acids is 3. The zero-order valence-electron chi connectivity index (χ0n) is 62.4. The number of pyridine rings is 1. The molecule has 0 saturated carbocycles. The number of ether oxygens (including phenoxy) is 3. The van der Waals surface area contributed by atoms with E-state index in [0.717, 1.165) is 64.1 Å². The van der Waals surface area contributed by atoms with Gasteiger partial charge in [-0.05, 0) is 212 Å². The molecule has 0 radical (unpaired) electrons. The Morgan fingerprint density at radius 1 is 0.443 bits per heavy atom. The number of para-hydroxylation sites is 1. The average molecular weight is 1740 g/mol. The van der Waals surface area contributed by atoms with Gasteiger partial charge >= 0.3 is 74.7 Å². The minimum absolute atomic E-state index is 0.0197. The SMILES string of the molecule is CCOC(=O)C1=C(C)/C(=C(\c2c(-c3cc(C(F)(F)F)cc(C(F)(F)F)c3)cc(OC(=O)Cc3ccc(-n4c(=O)c5cc(-c6cc(C(F)(F)F)cc(C(F)(F)F)c6)c6oc7ccccc7c7c(-c8cc(C(F)(F)F)cc(C(F)(F)F)c8)cc(c4=O)c5c67)cc3)cc2-c2cc(C(F)(F)F)cc(C(F)(F)F)c2)c2c(C)c(C(=O)OCC)c(C)n2B(F)F)N=C1C. The van der Waals surface area contributed by atoms with Crippen molar-refractivity contribution in [2.45, 2.75) is 97.4 Å². The van der Waals surface area contributed by atoms with Crippen LogP contribution in [-0.2, 0) is 74.9 Å². The number of benzene rings is 9. The summed E-state index contributed by atoms with van der Waals surface area (Å²) in [6.07, 6.45) is -46.8. The van der Waals surface area contributed by atoms with Crippen LogP contribution in [0.5, 0.6) is 5.75 Å². The smallest absolute Gasteiger partial charge is 0.462 e. The topological polar surface area (TPSA) is 148 Å². The van der Waals surface area contributed by atoms with Crippen molar-refractivity contribution in [1.82, 2.24) is 9.05 Å². The second-order valence-electron chi connectivity index (χ2n) is 27.8. The summed E-state index contributed by atoms with van der Waals surface area (Å²) in [6.45, 7) is 5.59. The van der Waals surface area contributed by atoms with E-state index in [1.807, 2.05) is 0 Å². The molecule has 0 amide bonds. The van der Waals surface area contributed by atoms with E-state index in [1.54, 1.807) is 0 Å². The van der Waals surface area contributed by atoms with Crippen LogP contribution in [0.2, 0.25) is 0 Å². The monoisotopic (exact) mass is 1740 g/mol. The van der Waals surface area contributed by atoms with Gasteiger partial charge in [-0.2, -0.15) is 105 Å². The summed E-state index contributed by atoms with van der Waals surface area (Å²) in [5, 5.41) is -3.56. The largest absolute Gasteiger partial charge is 0.677 e. The Morgan fingerprint density at radius 2 is 0.836 bits per heavy atom. The highest BCUT2D eigenvalue weighted by molar-refractivity contribution is 6.42. The van der Waals surface area contributed by atoms with Crippen LogP contribution in [0.3, 0.4) is 0 Å². The number of hydrogen-bond donors (Lipinski definition) is 0. The third-order valence-corrected chi connectivity index (χ3v) is 20.0. The van der Waals surface area contributed by atoms with Crippen molar-refractivity contribution in [3.63, 3.8) is 0 Å². The molecule has 3 aromatic heterocycles. The third kappa shape index (κ3) is 16.1. The van der Waals surface area contributed by atoms with Gasteiger partial charge in [0.05, 0.1) is 92.4 Å². The van der Waals surface area contributed by atoms with Crippen molar-refractivity contribution in [1.29, 1.82) is 0 Å². The van der Waals surface area contributed by atoms with Gasteiger partial charge in [-0.15, -0.1) is 0 Å². The standard InChI is InChI=1S/C83H48BF26N3O9/c1-7-119-74(117)62-34(3)69(111-36(62)5)68(70-35(4)63(75(118)120-8-2)37(6)113(70)84(109)110)65-54(39-18-43(76(85,86)87)26-44(19-39)77(88,89)90)30-52(31-55(65)40-20-45(78(91,92)93)27-46(21-40)79(94,95)96)121-61(114)17-38-13-15-51(16-14-38)112-72(115)58-32-56(41-22-47(80(97,98)99)28-48(23-41)81(100,101)102)64-53-11-9-10-12-60(53)122-71-57(33-59(73(112)116)66(58)67(64)71)42-24-49(82(103,104)105)29-50(25-42)83(106,107)108/h9-16,18-33H,7-8,17H2,1-6H3/b69-68-. The van der Waals surface area contributed by atoms with Crippen LogP contribution in [-0.4, -0.2) is 53.3 Å². The van der Waals surface area contributed by atoms with Crippen LogP contribution in [0.4, 0.5) is 114 Å². The summed E-state index contributed by atoms with van der Waals surface area (Å²) in [7, 11) is -3.94. The Kier molecular flexibility index (Phi) is 21.7. The molecule has 1 aliphatic rings. The van der Waals surface area contributed by atoms with Gasteiger partial charge in [0.25, 0.3) is 11.1 Å². The number of fused-ring (bicyclic) bond motifs is 2. The summed E-state index contributed by atoms with van der Waals surface area (Å²) in [5.41, 5.74) is -38.5. The van der Waals surface area contributed by atoms with E-state index in [1.165, 1.54) is 32.0 Å². The maximum atomic E-state index is 16.3.